The van der Waals surface area contributed by atoms with E-state index in [1.807, 2.05) is 12.1 Å². The largest absolute Gasteiger partial charge is 0.456 e. The number of furan rings is 2. The summed E-state index contributed by atoms with van der Waals surface area (Å²) in [6.45, 7) is 0. The van der Waals surface area contributed by atoms with Crippen molar-refractivity contribution >= 4 is 97.7 Å². The van der Waals surface area contributed by atoms with Crippen LogP contribution in [0.1, 0.15) is 0 Å². The Morgan fingerprint density at radius 2 is 0.451 bits per heavy atom. The molecule has 0 spiro atoms. The molecular formula is C80H48O2. The van der Waals surface area contributed by atoms with Crippen LogP contribution in [-0.2, 0) is 0 Å². The van der Waals surface area contributed by atoms with Crippen molar-refractivity contribution < 1.29 is 8.83 Å². The molecule has 82 heavy (non-hydrogen) atoms. The number of fused-ring (bicyclic) bond motifs is 11. The maximum absolute atomic E-state index is 6.47. The van der Waals surface area contributed by atoms with Crippen molar-refractivity contribution in [2.24, 2.45) is 0 Å². The topological polar surface area (TPSA) is 26.3 Å². The minimum absolute atomic E-state index is 0.895. The highest BCUT2D eigenvalue weighted by Gasteiger charge is 2.23. The Morgan fingerprint density at radius 1 is 0.146 bits per heavy atom. The van der Waals surface area contributed by atoms with Gasteiger partial charge in [0.15, 0.2) is 0 Å². The van der Waals surface area contributed by atoms with Gasteiger partial charge < -0.3 is 8.83 Å². The van der Waals surface area contributed by atoms with E-state index >= 15 is 0 Å². The molecule has 0 aliphatic heterocycles. The van der Waals surface area contributed by atoms with Crippen molar-refractivity contribution in [2.75, 3.05) is 0 Å². The van der Waals surface area contributed by atoms with E-state index in [0.717, 1.165) is 55.0 Å². The highest BCUT2D eigenvalue weighted by Crippen LogP contribution is 2.50. The summed E-state index contributed by atoms with van der Waals surface area (Å²) in [7, 11) is 0. The van der Waals surface area contributed by atoms with Crippen molar-refractivity contribution in [3.63, 3.8) is 0 Å². The molecule has 0 amide bonds. The molecule has 17 rings (SSSR count). The fourth-order valence-corrected chi connectivity index (χ4v) is 13.8. The molecule has 2 heteroatoms. The van der Waals surface area contributed by atoms with Crippen LogP contribution in [0.4, 0.5) is 0 Å². The van der Waals surface area contributed by atoms with E-state index in [4.69, 9.17) is 8.83 Å². The smallest absolute Gasteiger partial charge is 0.136 e. The van der Waals surface area contributed by atoms with Gasteiger partial charge in [0.1, 0.15) is 22.3 Å². The summed E-state index contributed by atoms with van der Waals surface area (Å²) in [6, 6.07) is 107. The Kier molecular flexibility index (Phi) is 10.3. The van der Waals surface area contributed by atoms with Crippen LogP contribution in [0, 0.1) is 0 Å². The first-order valence-corrected chi connectivity index (χ1v) is 28.2. The molecule has 0 saturated heterocycles. The van der Waals surface area contributed by atoms with Crippen molar-refractivity contribution in [1.29, 1.82) is 0 Å². The molecule has 0 aliphatic rings. The summed E-state index contributed by atoms with van der Waals surface area (Å²) >= 11 is 0. The molecule has 2 heterocycles. The Morgan fingerprint density at radius 3 is 0.927 bits per heavy atom. The van der Waals surface area contributed by atoms with Crippen LogP contribution in [0.15, 0.2) is 300 Å². The molecule has 0 radical (unpaired) electrons. The number of para-hydroxylation sites is 2. The molecule has 0 atom stereocenters. The van der Waals surface area contributed by atoms with Gasteiger partial charge >= 0.3 is 0 Å². The predicted molar refractivity (Wildman–Crippen MR) is 347 cm³/mol. The summed E-state index contributed by atoms with van der Waals surface area (Å²) in [5, 5.41) is 16.6. The molecule has 2 aromatic heterocycles. The zero-order valence-corrected chi connectivity index (χ0v) is 44.5. The number of hydrogen-bond acceptors (Lipinski definition) is 2. The second kappa shape index (κ2) is 18.4. The van der Waals surface area contributed by atoms with Gasteiger partial charge in [0, 0.05) is 21.5 Å². The maximum atomic E-state index is 6.47. The van der Waals surface area contributed by atoms with Crippen LogP contribution in [-0.4, -0.2) is 0 Å². The third-order valence-corrected chi connectivity index (χ3v) is 17.3. The molecule has 0 saturated carbocycles. The third-order valence-electron chi connectivity index (χ3n) is 17.3. The molecule has 0 fully saturated rings. The lowest BCUT2D eigenvalue weighted by Crippen LogP contribution is -1.93. The van der Waals surface area contributed by atoms with Gasteiger partial charge in [-0.15, -0.1) is 0 Å². The van der Waals surface area contributed by atoms with E-state index in [-0.39, 0.29) is 0 Å². The van der Waals surface area contributed by atoms with E-state index in [1.165, 1.54) is 121 Å². The van der Waals surface area contributed by atoms with Crippen molar-refractivity contribution in [3.05, 3.63) is 291 Å². The van der Waals surface area contributed by atoms with Crippen LogP contribution >= 0.6 is 0 Å². The molecule has 17 aromatic rings. The van der Waals surface area contributed by atoms with Crippen LogP contribution < -0.4 is 0 Å². The van der Waals surface area contributed by atoms with Gasteiger partial charge in [-0.1, -0.05) is 249 Å². The first-order chi connectivity index (χ1) is 40.7. The Hall–Kier alpha value is -10.8. The van der Waals surface area contributed by atoms with Gasteiger partial charge in [-0.2, -0.15) is 0 Å². The number of rotatable bonds is 7. The number of benzene rings is 15. The first kappa shape index (κ1) is 46.1. The van der Waals surface area contributed by atoms with E-state index in [1.54, 1.807) is 0 Å². The van der Waals surface area contributed by atoms with Gasteiger partial charge in [-0.05, 0) is 174 Å². The average molecular weight is 1040 g/mol. The van der Waals surface area contributed by atoms with Crippen LogP contribution in [0.3, 0.4) is 0 Å². The second-order valence-electron chi connectivity index (χ2n) is 21.7. The molecule has 380 valence electrons. The monoisotopic (exact) mass is 1040 g/mol. The third kappa shape index (κ3) is 7.08. The SMILES string of the molecule is c1cc(-c2ccccc2-c2c3ccccc3c(-c3ccc4c(c3)oc3ccccc34)c3ccccc23)cc(-c2cccc3c(-c4ccccc4-c4c5ccccc5c(-c5ccc6c(c5)oc5ccccc56)c5ccccc45)cccc23)c1. The summed E-state index contributed by atoms with van der Waals surface area (Å²) in [4.78, 5) is 0. The lowest BCUT2D eigenvalue weighted by atomic mass is 9.82. The number of hydrogen-bond donors (Lipinski definition) is 0. The zero-order chi connectivity index (χ0) is 53.8. The van der Waals surface area contributed by atoms with Crippen LogP contribution in [0.25, 0.3) is 176 Å². The van der Waals surface area contributed by atoms with E-state index < -0.39 is 0 Å². The molecule has 0 aliphatic carbocycles. The predicted octanol–water partition coefficient (Wildman–Crippen LogP) is 22.9. The van der Waals surface area contributed by atoms with E-state index in [0.29, 0.717) is 0 Å². The Bertz CT molecular complexity index is 5360. The molecule has 0 N–H and O–H groups in total. The highest BCUT2D eigenvalue weighted by molar-refractivity contribution is 6.25. The van der Waals surface area contributed by atoms with Crippen molar-refractivity contribution in [1.82, 2.24) is 0 Å². The standard InChI is InChI=1S/C80H48O2/c1-3-26-63(79-69-32-9-5-28-65(69)77(66-29-6-10-33-70(66)79)51-42-44-61-59-24-13-15-40-73(59)81-75(61)47-51)54(22-1)50-21-17-20-49(46-50)53-36-18-38-56-55(53)37-19-39-57(56)58-23-2-4-27-64(58)80-71-34-11-7-30-67(71)78(68-31-8-12-35-72(68)80)52-43-45-62-60-25-14-16-41-74(60)82-76(62)48-52/h1-48H. The molecule has 15 aromatic carbocycles. The summed E-state index contributed by atoms with van der Waals surface area (Å²) < 4.78 is 12.9. The molecule has 0 unspecified atom stereocenters. The lowest BCUT2D eigenvalue weighted by Gasteiger charge is -2.20. The normalized spacial score (nSPS) is 11.9. The highest BCUT2D eigenvalue weighted by atomic mass is 16.3. The minimum atomic E-state index is 0.895. The summed E-state index contributed by atoms with van der Waals surface area (Å²) in [5.74, 6) is 0. The maximum Gasteiger partial charge on any atom is 0.136 e. The summed E-state index contributed by atoms with van der Waals surface area (Å²) in [6.07, 6.45) is 0. The van der Waals surface area contributed by atoms with Crippen LogP contribution in [0.5, 0.6) is 0 Å². The van der Waals surface area contributed by atoms with Crippen molar-refractivity contribution in [2.45, 2.75) is 0 Å². The first-order valence-electron chi connectivity index (χ1n) is 28.2. The lowest BCUT2D eigenvalue weighted by molar-refractivity contribution is 0.668. The fourth-order valence-electron chi connectivity index (χ4n) is 13.8. The quantitative estimate of drug-likeness (QED) is 0.149. The second-order valence-corrected chi connectivity index (χ2v) is 21.7. The van der Waals surface area contributed by atoms with Crippen molar-refractivity contribution in [3.8, 4) is 77.9 Å². The van der Waals surface area contributed by atoms with E-state index in [9.17, 15) is 0 Å². The fraction of sp³-hybridized carbons (Fsp3) is 0. The summed E-state index contributed by atoms with van der Waals surface area (Å²) in [5.41, 5.74) is 20.3. The van der Waals surface area contributed by atoms with Crippen LogP contribution in [0.2, 0.25) is 0 Å². The van der Waals surface area contributed by atoms with E-state index in [2.05, 4.69) is 279 Å². The van der Waals surface area contributed by atoms with Gasteiger partial charge in [0.25, 0.3) is 0 Å². The van der Waals surface area contributed by atoms with Gasteiger partial charge in [-0.3, -0.25) is 0 Å². The zero-order valence-electron chi connectivity index (χ0n) is 44.5. The van der Waals surface area contributed by atoms with Gasteiger partial charge in [0.2, 0.25) is 0 Å². The molecule has 2 nitrogen and oxygen atoms in total. The Balaban J connectivity index is 0.794. The Labute approximate surface area is 473 Å². The van der Waals surface area contributed by atoms with Gasteiger partial charge in [-0.25, -0.2) is 0 Å². The van der Waals surface area contributed by atoms with Gasteiger partial charge in [0.05, 0.1) is 0 Å². The minimum Gasteiger partial charge on any atom is -0.456 e. The average Bonchev–Trinajstić information content (AvgIpc) is 4.24. The molecule has 0 bridgehead atoms. The molecular weight excluding hydrogens is 993 g/mol.